The fraction of sp³-hybridized carbons (Fsp3) is 0.571. The van der Waals surface area contributed by atoms with Crippen LogP contribution in [0.3, 0.4) is 0 Å². The van der Waals surface area contributed by atoms with Crippen molar-refractivity contribution in [2.75, 3.05) is 0 Å². The van der Waals surface area contributed by atoms with Crippen LogP contribution in [0.4, 0.5) is 0 Å². The first kappa shape index (κ1) is 14.9. The molecule has 0 amide bonds. The van der Waals surface area contributed by atoms with Gasteiger partial charge >= 0.3 is 0 Å². The van der Waals surface area contributed by atoms with Gasteiger partial charge in [-0.3, -0.25) is 9.59 Å². The molecule has 0 spiro atoms. The average molecular weight is 266 g/mol. The van der Waals surface area contributed by atoms with Gasteiger partial charge in [0.1, 0.15) is 5.78 Å². The van der Waals surface area contributed by atoms with Gasteiger partial charge in [0.15, 0.2) is 5.76 Å². The number of carbonyl (C=O) groups excluding carboxylic acids is 2. The van der Waals surface area contributed by atoms with Crippen LogP contribution in [0.5, 0.6) is 0 Å². The van der Waals surface area contributed by atoms with Crippen molar-refractivity contribution in [2.24, 2.45) is 5.92 Å². The molecule has 1 aromatic heterocycles. The highest BCUT2D eigenvalue weighted by atomic mass is 28.3. The van der Waals surface area contributed by atoms with Crippen LogP contribution in [0, 0.1) is 5.92 Å². The highest BCUT2D eigenvalue weighted by molar-refractivity contribution is 6.76. The van der Waals surface area contributed by atoms with Crippen molar-refractivity contribution in [1.29, 1.82) is 0 Å². The van der Waals surface area contributed by atoms with E-state index in [2.05, 4.69) is 19.6 Å². The molecule has 0 aliphatic heterocycles. The van der Waals surface area contributed by atoms with Crippen molar-refractivity contribution < 1.29 is 14.0 Å². The van der Waals surface area contributed by atoms with E-state index in [-0.39, 0.29) is 11.6 Å². The predicted molar refractivity (Wildman–Crippen MR) is 74.6 cm³/mol. The van der Waals surface area contributed by atoms with Crippen LogP contribution in [0.2, 0.25) is 25.7 Å². The van der Waals surface area contributed by atoms with Gasteiger partial charge in [-0.05, 0) is 25.5 Å². The molecule has 0 aliphatic rings. The zero-order valence-electron chi connectivity index (χ0n) is 11.7. The SMILES string of the molecule is CC(=O)C(CCC[Si](C)(C)C)C(=O)c1ccco1. The molecule has 0 saturated heterocycles. The molecule has 0 aromatic carbocycles. The maximum absolute atomic E-state index is 12.1. The Bertz CT molecular complexity index is 401. The summed E-state index contributed by atoms with van der Waals surface area (Å²) in [6.45, 7) is 8.37. The maximum atomic E-state index is 12.1. The molecule has 100 valence electrons. The van der Waals surface area contributed by atoms with Gasteiger partial charge in [-0.2, -0.15) is 0 Å². The standard InChI is InChI=1S/C14H22O3Si/c1-11(15)12(7-6-10-18(2,3)4)14(16)13-8-5-9-17-13/h5,8-9,12H,6-7,10H2,1-4H3. The third kappa shape index (κ3) is 4.60. The smallest absolute Gasteiger partial charge is 0.208 e. The van der Waals surface area contributed by atoms with Crippen molar-refractivity contribution in [2.45, 2.75) is 45.5 Å². The van der Waals surface area contributed by atoms with Crippen LogP contribution in [0.15, 0.2) is 22.8 Å². The Morgan fingerprint density at radius 2 is 2.00 bits per heavy atom. The number of ketones is 2. The lowest BCUT2D eigenvalue weighted by atomic mass is 9.93. The summed E-state index contributed by atoms with van der Waals surface area (Å²) in [5.41, 5.74) is 0. The molecule has 1 heterocycles. The third-order valence-corrected chi connectivity index (χ3v) is 4.84. The summed E-state index contributed by atoms with van der Waals surface area (Å²) in [6.07, 6.45) is 3.04. The van der Waals surface area contributed by atoms with Gasteiger partial charge in [-0.15, -0.1) is 0 Å². The predicted octanol–water partition coefficient (Wildman–Crippen LogP) is 3.79. The largest absolute Gasteiger partial charge is 0.461 e. The maximum Gasteiger partial charge on any atom is 0.208 e. The Kier molecular flexibility index (Phi) is 5.08. The van der Waals surface area contributed by atoms with E-state index in [1.54, 1.807) is 12.1 Å². The van der Waals surface area contributed by atoms with Gasteiger partial charge in [0.25, 0.3) is 0 Å². The minimum absolute atomic E-state index is 0.0630. The summed E-state index contributed by atoms with van der Waals surface area (Å²) in [4.78, 5) is 23.7. The number of rotatable bonds is 7. The van der Waals surface area contributed by atoms with E-state index in [0.717, 1.165) is 12.5 Å². The fourth-order valence-corrected chi connectivity index (χ4v) is 3.21. The normalized spacial score (nSPS) is 13.3. The van der Waals surface area contributed by atoms with Crippen LogP contribution >= 0.6 is 0 Å². The van der Waals surface area contributed by atoms with E-state index < -0.39 is 14.0 Å². The number of hydrogen-bond donors (Lipinski definition) is 0. The van der Waals surface area contributed by atoms with Crippen LogP contribution in [-0.4, -0.2) is 19.6 Å². The lowest BCUT2D eigenvalue weighted by Gasteiger charge is -2.17. The van der Waals surface area contributed by atoms with E-state index in [4.69, 9.17) is 4.42 Å². The Balaban J connectivity index is 2.61. The zero-order valence-corrected chi connectivity index (χ0v) is 12.7. The Morgan fingerprint density at radius 1 is 1.33 bits per heavy atom. The first-order valence-electron chi connectivity index (χ1n) is 6.39. The van der Waals surface area contributed by atoms with Gasteiger partial charge in [0.2, 0.25) is 5.78 Å². The zero-order chi connectivity index (χ0) is 13.8. The summed E-state index contributed by atoms with van der Waals surface area (Å²) >= 11 is 0. The van der Waals surface area contributed by atoms with Crippen molar-refractivity contribution in [3.05, 3.63) is 24.2 Å². The van der Waals surface area contributed by atoms with E-state index >= 15 is 0 Å². The van der Waals surface area contributed by atoms with Gasteiger partial charge in [0.05, 0.1) is 12.2 Å². The first-order valence-corrected chi connectivity index (χ1v) is 10.1. The molecule has 18 heavy (non-hydrogen) atoms. The number of hydrogen-bond acceptors (Lipinski definition) is 3. The van der Waals surface area contributed by atoms with Gasteiger partial charge in [0, 0.05) is 8.07 Å². The monoisotopic (exact) mass is 266 g/mol. The van der Waals surface area contributed by atoms with Crippen molar-refractivity contribution in [3.8, 4) is 0 Å². The minimum atomic E-state index is -1.11. The van der Waals surface area contributed by atoms with Crippen molar-refractivity contribution in [3.63, 3.8) is 0 Å². The molecule has 0 N–H and O–H groups in total. The molecule has 0 saturated carbocycles. The molecule has 3 nitrogen and oxygen atoms in total. The molecule has 1 aromatic rings. The molecule has 4 heteroatoms. The Morgan fingerprint density at radius 3 is 2.44 bits per heavy atom. The van der Waals surface area contributed by atoms with Crippen molar-refractivity contribution in [1.82, 2.24) is 0 Å². The van der Waals surface area contributed by atoms with Crippen LogP contribution in [-0.2, 0) is 4.79 Å². The molecule has 1 atom stereocenters. The topological polar surface area (TPSA) is 47.3 Å². The van der Waals surface area contributed by atoms with Crippen LogP contribution < -0.4 is 0 Å². The molecule has 0 bridgehead atoms. The summed E-state index contributed by atoms with van der Waals surface area (Å²) in [5.74, 6) is -0.481. The Labute approximate surface area is 110 Å². The van der Waals surface area contributed by atoms with E-state index in [1.165, 1.54) is 13.2 Å². The Hall–Kier alpha value is -1.16. The second-order valence-corrected chi connectivity index (χ2v) is 11.6. The van der Waals surface area contributed by atoms with Gasteiger partial charge in [-0.1, -0.05) is 32.1 Å². The highest BCUT2D eigenvalue weighted by Crippen LogP contribution is 2.20. The van der Waals surface area contributed by atoms with E-state index in [9.17, 15) is 9.59 Å². The fourth-order valence-electron chi connectivity index (χ4n) is 1.95. The van der Waals surface area contributed by atoms with E-state index in [1.807, 2.05) is 0 Å². The quantitative estimate of drug-likeness (QED) is 0.428. The summed E-state index contributed by atoms with van der Waals surface area (Å²) in [6, 6.07) is 4.44. The molecule has 0 aliphatic carbocycles. The molecule has 1 unspecified atom stereocenters. The number of Topliss-reactive ketones (excluding diaryl/α,β-unsaturated/α-hetero) is 2. The third-order valence-electron chi connectivity index (χ3n) is 2.99. The molecule has 1 rings (SSSR count). The lowest BCUT2D eigenvalue weighted by molar-refractivity contribution is -0.119. The molecular weight excluding hydrogens is 244 g/mol. The minimum Gasteiger partial charge on any atom is -0.461 e. The van der Waals surface area contributed by atoms with Gasteiger partial charge in [-0.25, -0.2) is 0 Å². The number of carbonyl (C=O) groups is 2. The van der Waals surface area contributed by atoms with E-state index in [0.29, 0.717) is 12.2 Å². The second-order valence-electron chi connectivity index (χ2n) is 5.96. The second kappa shape index (κ2) is 6.14. The van der Waals surface area contributed by atoms with Gasteiger partial charge < -0.3 is 4.42 Å². The molecular formula is C14H22O3Si. The van der Waals surface area contributed by atoms with Crippen LogP contribution in [0.1, 0.15) is 30.3 Å². The summed E-state index contributed by atoms with van der Waals surface area (Å²) in [7, 11) is -1.11. The summed E-state index contributed by atoms with van der Waals surface area (Å²) in [5, 5.41) is 0. The number of furan rings is 1. The summed E-state index contributed by atoms with van der Waals surface area (Å²) < 4.78 is 5.08. The highest BCUT2D eigenvalue weighted by Gasteiger charge is 2.26. The molecule has 0 fully saturated rings. The lowest BCUT2D eigenvalue weighted by Crippen LogP contribution is -2.24. The first-order chi connectivity index (χ1) is 8.31. The molecule has 0 radical (unpaired) electrons. The average Bonchev–Trinajstić information content (AvgIpc) is 2.74. The van der Waals surface area contributed by atoms with Crippen molar-refractivity contribution >= 4 is 19.6 Å². The van der Waals surface area contributed by atoms with Crippen LogP contribution in [0.25, 0.3) is 0 Å².